The summed E-state index contributed by atoms with van der Waals surface area (Å²) < 4.78 is 0. The molecule has 2 rings (SSSR count). The predicted octanol–water partition coefficient (Wildman–Crippen LogP) is 1.45. The Morgan fingerprint density at radius 1 is 1.47 bits per heavy atom. The number of rotatable bonds is 4. The molecule has 17 heavy (non-hydrogen) atoms. The maximum absolute atomic E-state index is 11.0. The van der Waals surface area contributed by atoms with E-state index in [1.54, 1.807) is 19.4 Å². The van der Waals surface area contributed by atoms with E-state index in [1.165, 1.54) is 0 Å². The number of aromatic nitrogens is 1. The summed E-state index contributed by atoms with van der Waals surface area (Å²) in [6.45, 7) is 0. The molecule has 0 unspecified atom stereocenters. The summed E-state index contributed by atoms with van der Waals surface area (Å²) >= 11 is 0. The lowest BCUT2D eigenvalue weighted by atomic mass is 10.0. The third-order valence-electron chi connectivity index (χ3n) is 2.84. The van der Waals surface area contributed by atoms with E-state index in [4.69, 9.17) is 5.11 Å². The second kappa shape index (κ2) is 4.93. The second-order valence-corrected chi connectivity index (χ2v) is 3.90. The Morgan fingerprint density at radius 2 is 2.29 bits per heavy atom. The summed E-state index contributed by atoms with van der Waals surface area (Å²) in [7, 11) is 1.65. The molecule has 0 amide bonds. The number of fused-ring (bicyclic) bond motifs is 1. The van der Waals surface area contributed by atoms with Gasteiger partial charge >= 0.3 is 5.97 Å². The first-order valence-corrected chi connectivity index (χ1v) is 5.44. The van der Waals surface area contributed by atoms with Gasteiger partial charge in [0.25, 0.3) is 0 Å². The normalized spacial score (nSPS) is 12.5. The monoisotopic (exact) mass is 230 g/mol. The maximum Gasteiger partial charge on any atom is 0.321 e. The van der Waals surface area contributed by atoms with Gasteiger partial charge in [-0.1, -0.05) is 18.2 Å². The van der Waals surface area contributed by atoms with Crippen molar-refractivity contribution in [3.8, 4) is 0 Å². The number of nitrogens with one attached hydrogen (secondary N) is 1. The van der Waals surface area contributed by atoms with Gasteiger partial charge in [0.2, 0.25) is 0 Å². The lowest BCUT2D eigenvalue weighted by molar-refractivity contribution is -0.139. The number of benzene rings is 1. The van der Waals surface area contributed by atoms with Gasteiger partial charge in [-0.2, -0.15) is 0 Å². The van der Waals surface area contributed by atoms with Gasteiger partial charge in [0.1, 0.15) is 6.04 Å². The van der Waals surface area contributed by atoms with Crippen LogP contribution in [-0.4, -0.2) is 29.1 Å². The SMILES string of the molecule is CN[C@@H](Cc1cccc2ccncc12)C(=O)O. The zero-order chi connectivity index (χ0) is 12.3. The number of aliphatic carboxylic acids is 1. The van der Waals surface area contributed by atoms with E-state index in [2.05, 4.69) is 10.3 Å². The molecule has 88 valence electrons. The van der Waals surface area contributed by atoms with Crippen LogP contribution in [0.5, 0.6) is 0 Å². The zero-order valence-electron chi connectivity index (χ0n) is 9.55. The van der Waals surface area contributed by atoms with Crippen molar-refractivity contribution in [3.63, 3.8) is 0 Å². The molecule has 0 fully saturated rings. The molecule has 4 heteroatoms. The predicted molar refractivity (Wildman–Crippen MR) is 65.9 cm³/mol. The second-order valence-electron chi connectivity index (χ2n) is 3.90. The summed E-state index contributed by atoms with van der Waals surface area (Å²) in [5, 5.41) is 13.9. The molecular formula is C13H14N2O2. The smallest absolute Gasteiger partial charge is 0.321 e. The summed E-state index contributed by atoms with van der Waals surface area (Å²) in [6, 6.07) is 7.23. The number of carbonyl (C=O) groups is 1. The summed E-state index contributed by atoms with van der Waals surface area (Å²) in [5.41, 5.74) is 0.998. The molecule has 0 radical (unpaired) electrons. The van der Waals surface area contributed by atoms with Crippen molar-refractivity contribution < 1.29 is 9.90 Å². The van der Waals surface area contributed by atoms with Gasteiger partial charge in [0.05, 0.1) is 0 Å². The third-order valence-corrected chi connectivity index (χ3v) is 2.84. The van der Waals surface area contributed by atoms with Crippen molar-refractivity contribution in [3.05, 3.63) is 42.2 Å². The zero-order valence-corrected chi connectivity index (χ0v) is 9.55. The Bertz CT molecular complexity index is 534. The lowest BCUT2D eigenvalue weighted by Crippen LogP contribution is -2.35. The first-order chi connectivity index (χ1) is 8.22. The van der Waals surface area contributed by atoms with E-state index in [0.717, 1.165) is 16.3 Å². The third kappa shape index (κ3) is 2.42. The van der Waals surface area contributed by atoms with Crippen LogP contribution in [0.25, 0.3) is 10.8 Å². The Balaban J connectivity index is 2.38. The Hall–Kier alpha value is -1.94. The van der Waals surface area contributed by atoms with E-state index < -0.39 is 12.0 Å². The van der Waals surface area contributed by atoms with Gasteiger partial charge in [-0.3, -0.25) is 9.78 Å². The summed E-state index contributed by atoms with van der Waals surface area (Å²) in [4.78, 5) is 15.1. The van der Waals surface area contributed by atoms with Crippen molar-refractivity contribution in [1.82, 2.24) is 10.3 Å². The standard InChI is InChI=1S/C13H14N2O2/c1-14-12(13(16)17)7-10-4-2-3-9-5-6-15-8-11(9)10/h2-6,8,12,14H,7H2,1H3,(H,16,17)/t12-/m0/s1. The van der Waals surface area contributed by atoms with Crippen molar-refractivity contribution in [2.45, 2.75) is 12.5 Å². The number of hydrogen-bond acceptors (Lipinski definition) is 3. The summed E-state index contributed by atoms with van der Waals surface area (Å²) in [6.07, 6.45) is 3.97. The highest BCUT2D eigenvalue weighted by molar-refractivity contribution is 5.85. The fourth-order valence-corrected chi connectivity index (χ4v) is 1.89. The van der Waals surface area contributed by atoms with Gasteiger partial charge in [0, 0.05) is 17.8 Å². The minimum absolute atomic E-state index is 0.453. The molecule has 1 aromatic carbocycles. The molecule has 0 aliphatic heterocycles. The fraction of sp³-hybridized carbons (Fsp3) is 0.231. The van der Waals surface area contributed by atoms with Crippen LogP contribution in [0.15, 0.2) is 36.7 Å². The number of likely N-dealkylation sites (N-methyl/N-ethyl adjacent to an activating group) is 1. The lowest BCUT2D eigenvalue weighted by Gasteiger charge is -2.12. The number of carboxylic acid groups (broad SMARTS) is 1. The summed E-state index contributed by atoms with van der Waals surface area (Å²) in [5.74, 6) is -0.839. The van der Waals surface area contributed by atoms with E-state index in [1.807, 2.05) is 24.3 Å². The minimum atomic E-state index is -0.839. The molecule has 0 aliphatic rings. The quantitative estimate of drug-likeness (QED) is 0.834. The van der Waals surface area contributed by atoms with Crippen molar-refractivity contribution >= 4 is 16.7 Å². The van der Waals surface area contributed by atoms with Gasteiger partial charge in [-0.15, -0.1) is 0 Å². The average molecular weight is 230 g/mol. The highest BCUT2D eigenvalue weighted by Crippen LogP contribution is 2.18. The molecule has 0 saturated carbocycles. The van der Waals surface area contributed by atoms with E-state index in [-0.39, 0.29) is 0 Å². The molecule has 2 N–H and O–H groups in total. The molecule has 0 saturated heterocycles. The van der Waals surface area contributed by atoms with Crippen LogP contribution in [0.3, 0.4) is 0 Å². The first-order valence-electron chi connectivity index (χ1n) is 5.44. The molecule has 1 heterocycles. The van der Waals surface area contributed by atoms with Crippen LogP contribution in [-0.2, 0) is 11.2 Å². The maximum atomic E-state index is 11.0. The number of carboxylic acids is 1. The molecule has 0 bridgehead atoms. The van der Waals surface area contributed by atoms with E-state index in [9.17, 15) is 4.79 Å². The molecule has 4 nitrogen and oxygen atoms in total. The van der Waals surface area contributed by atoms with Gasteiger partial charge < -0.3 is 10.4 Å². The number of nitrogens with zero attached hydrogens (tertiary/aromatic N) is 1. The minimum Gasteiger partial charge on any atom is -0.480 e. The topological polar surface area (TPSA) is 62.2 Å². The molecule has 1 atom stereocenters. The van der Waals surface area contributed by atoms with Crippen LogP contribution in [0.2, 0.25) is 0 Å². The van der Waals surface area contributed by atoms with E-state index in [0.29, 0.717) is 6.42 Å². The highest BCUT2D eigenvalue weighted by Gasteiger charge is 2.16. The van der Waals surface area contributed by atoms with Crippen molar-refractivity contribution in [1.29, 1.82) is 0 Å². The Labute approximate surface area is 99.3 Å². The van der Waals surface area contributed by atoms with Crippen molar-refractivity contribution in [2.75, 3.05) is 7.05 Å². The molecule has 0 aliphatic carbocycles. The van der Waals surface area contributed by atoms with Crippen LogP contribution in [0, 0.1) is 0 Å². The Morgan fingerprint density at radius 3 is 3.00 bits per heavy atom. The van der Waals surface area contributed by atoms with Gasteiger partial charge in [-0.05, 0) is 30.5 Å². The average Bonchev–Trinajstić information content (AvgIpc) is 2.35. The van der Waals surface area contributed by atoms with Crippen LogP contribution in [0.1, 0.15) is 5.56 Å². The van der Waals surface area contributed by atoms with Crippen LogP contribution < -0.4 is 5.32 Å². The highest BCUT2D eigenvalue weighted by atomic mass is 16.4. The van der Waals surface area contributed by atoms with Gasteiger partial charge in [-0.25, -0.2) is 0 Å². The number of pyridine rings is 1. The number of hydrogen-bond donors (Lipinski definition) is 2. The van der Waals surface area contributed by atoms with Crippen LogP contribution >= 0.6 is 0 Å². The fourth-order valence-electron chi connectivity index (χ4n) is 1.89. The molecule has 0 spiro atoms. The molecular weight excluding hydrogens is 216 g/mol. The largest absolute Gasteiger partial charge is 0.480 e. The van der Waals surface area contributed by atoms with Crippen molar-refractivity contribution in [2.24, 2.45) is 0 Å². The molecule has 1 aromatic heterocycles. The molecule has 2 aromatic rings. The van der Waals surface area contributed by atoms with Crippen LogP contribution in [0.4, 0.5) is 0 Å². The Kier molecular flexibility index (Phi) is 3.35. The van der Waals surface area contributed by atoms with Gasteiger partial charge in [0.15, 0.2) is 0 Å². The van der Waals surface area contributed by atoms with E-state index >= 15 is 0 Å². The first kappa shape index (κ1) is 11.5.